The van der Waals surface area contributed by atoms with Gasteiger partial charge in [-0.1, -0.05) is 6.92 Å². The Morgan fingerprint density at radius 2 is 2.57 bits per heavy atom. The molecule has 40 valence electrons. The van der Waals surface area contributed by atoms with E-state index in [0.29, 0.717) is 5.84 Å². The molecule has 0 saturated carbocycles. The molecule has 3 nitrogen and oxygen atoms in total. The Balaban J connectivity index is 3.49. The molecular weight excluding hydrogens is 90.1 g/mol. The van der Waals surface area contributed by atoms with E-state index < -0.39 is 0 Å². The van der Waals surface area contributed by atoms with Gasteiger partial charge in [0.1, 0.15) is 12.2 Å². The maximum atomic E-state index is 6.44. The monoisotopic (exact) mass is 99.1 g/mol. The third-order valence-electron chi connectivity index (χ3n) is 0.593. The Hall–Kier alpha value is -0.860. The summed E-state index contributed by atoms with van der Waals surface area (Å²) in [6.45, 7) is 1.89. The van der Waals surface area contributed by atoms with E-state index in [0.717, 1.165) is 12.8 Å². The molecule has 3 N–H and O–H groups in total. The summed E-state index contributed by atoms with van der Waals surface area (Å²) in [6.07, 6.45) is 1.66. The van der Waals surface area contributed by atoms with Crippen molar-refractivity contribution in [3.63, 3.8) is 0 Å². The second kappa shape index (κ2) is 3.33. The lowest BCUT2D eigenvalue weighted by Crippen LogP contribution is -2.08. The molecule has 7 heavy (non-hydrogen) atoms. The normalized spacial score (nSPS) is 11.3. The van der Waals surface area contributed by atoms with E-state index in [4.69, 9.17) is 11.1 Å². The van der Waals surface area contributed by atoms with Gasteiger partial charge >= 0.3 is 0 Å². The molecule has 0 spiro atoms. The third kappa shape index (κ3) is 2.96. The highest BCUT2D eigenvalue weighted by Crippen LogP contribution is 1.71. The van der Waals surface area contributed by atoms with E-state index in [2.05, 4.69) is 4.99 Å². The van der Waals surface area contributed by atoms with Crippen molar-refractivity contribution in [2.24, 2.45) is 10.7 Å². The standard InChI is InChI=1S/C4H9N3/c1-2-4(6)7-3-5/h3H,2H2,1H3,(H3,5,6,7). The number of aliphatic imine (C=N–C) groups is 1. The minimum atomic E-state index is 0.509. The van der Waals surface area contributed by atoms with Crippen molar-refractivity contribution in [1.82, 2.24) is 0 Å². The molecule has 0 radical (unpaired) electrons. The lowest BCUT2D eigenvalue weighted by atomic mass is 10.5. The van der Waals surface area contributed by atoms with E-state index in [1.807, 2.05) is 6.92 Å². The van der Waals surface area contributed by atoms with Crippen LogP contribution >= 0.6 is 0 Å². The molecule has 0 unspecified atom stereocenters. The predicted octanol–water partition coefficient (Wildman–Crippen LogP) is 0.361. The molecule has 0 bridgehead atoms. The van der Waals surface area contributed by atoms with Gasteiger partial charge in [0, 0.05) is 6.42 Å². The molecule has 0 aliphatic heterocycles. The topological polar surface area (TPSA) is 62.2 Å². The highest BCUT2D eigenvalue weighted by atomic mass is 14.9. The van der Waals surface area contributed by atoms with Crippen LogP contribution in [0.5, 0.6) is 0 Å². The number of amidine groups is 1. The first-order valence-electron chi connectivity index (χ1n) is 2.12. The lowest BCUT2D eigenvalue weighted by molar-refractivity contribution is 1.25. The van der Waals surface area contributed by atoms with Crippen molar-refractivity contribution >= 4 is 12.2 Å². The number of nitrogens with two attached hydrogens (primary N) is 1. The highest BCUT2D eigenvalue weighted by molar-refractivity contribution is 5.86. The summed E-state index contributed by atoms with van der Waals surface area (Å²) >= 11 is 0. The Morgan fingerprint density at radius 1 is 2.00 bits per heavy atom. The average molecular weight is 99.1 g/mol. The zero-order chi connectivity index (χ0) is 5.70. The predicted molar refractivity (Wildman–Crippen MR) is 30.7 cm³/mol. The largest absolute Gasteiger partial charge is 0.387 e. The van der Waals surface area contributed by atoms with Gasteiger partial charge in [0.15, 0.2) is 0 Å². The molecule has 0 aliphatic rings. The minimum absolute atomic E-state index is 0.509. The second-order valence-electron chi connectivity index (χ2n) is 1.10. The van der Waals surface area contributed by atoms with Crippen LogP contribution in [0.15, 0.2) is 4.99 Å². The summed E-state index contributed by atoms with van der Waals surface area (Å²) in [5, 5.41) is 6.44. The second-order valence-corrected chi connectivity index (χ2v) is 1.10. The van der Waals surface area contributed by atoms with Crippen molar-refractivity contribution < 1.29 is 0 Å². The van der Waals surface area contributed by atoms with Crippen LogP contribution in [-0.2, 0) is 0 Å². The Morgan fingerprint density at radius 3 is 2.71 bits per heavy atom. The van der Waals surface area contributed by atoms with Crippen molar-refractivity contribution in [3.8, 4) is 0 Å². The molecule has 0 aromatic heterocycles. The first kappa shape index (κ1) is 6.14. The first-order valence-corrected chi connectivity index (χ1v) is 2.12. The molecular formula is C4H9N3. The maximum absolute atomic E-state index is 6.44. The number of rotatable bonds is 2. The fourth-order valence-corrected chi connectivity index (χ4v) is 0.174. The molecule has 0 aromatic rings. The van der Waals surface area contributed by atoms with Gasteiger partial charge in [0.05, 0.1) is 0 Å². The van der Waals surface area contributed by atoms with Gasteiger partial charge < -0.3 is 5.73 Å². The summed E-state index contributed by atoms with van der Waals surface area (Å²) in [4.78, 5) is 3.48. The van der Waals surface area contributed by atoms with Gasteiger partial charge in [-0.25, -0.2) is 4.99 Å². The van der Waals surface area contributed by atoms with E-state index in [1.165, 1.54) is 0 Å². The molecule has 0 amide bonds. The fraction of sp³-hybridized carbons (Fsp3) is 0.500. The fourth-order valence-electron chi connectivity index (χ4n) is 0.174. The maximum Gasteiger partial charge on any atom is 0.109 e. The van der Waals surface area contributed by atoms with Crippen LogP contribution in [0, 0.1) is 5.41 Å². The van der Waals surface area contributed by atoms with Crippen LogP contribution in [-0.4, -0.2) is 12.2 Å². The quantitative estimate of drug-likeness (QED) is 0.381. The van der Waals surface area contributed by atoms with E-state index >= 15 is 0 Å². The van der Waals surface area contributed by atoms with E-state index in [-0.39, 0.29) is 0 Å². The molecule has 0 saturated heterocycles. The average Bonchev–Trinajstić information content (AvgIpc) is 1.68. The third-order valence-corrected chi connectivity index (χ3v) is 0.593. The summed E-state index contributed by atoms with van der Waals surface area (Å²) < 4.78 is 0. The molecule has 0 fully saturated rings. The van der Waals surface area contributed by atoms with Crippen molar-refractivity contribution in [2.75, 3.05) is 0 Å². The summed E-state index contributed by atoms with van der Waals surface area (Å²) in [6, 6.07) is 0. The van der Waals surface area contributed by atoms with Crippen LogP contribution in [0.4, 0.5) is 0 Å². The Bertz CT molecular complexity index is 84.9. The van der Waals surface area contributed by atoms with Gasteiger partial charge in [-0.05, 0) is 0 Å². The smallest absolute Gasteiger partial charge is 0.109 e. The minimum Gasteiger partial charge on any atom is -0.387 e. The van der Waals surface area contributed by atoms with Crippen LogP contribution in [0.2, 0.25) is 0 Å². The van der Waals surface area contributed by atoms with Gasteiger partial charge in [-0.3, -0.25) is 5.41 Å². The van der Waals surface area contributed by atoms with Crippen molar-refractivity contribution in [3.05, 3.63) is 0 Å². The van der Waals surface area contributed by atoms with Gasteiger partial charge in [-0.2, -0.15) is 0 Å². The summed E-state index contributed by atoms with van der Waals surface area (Å²) in [7, 11) is 0. The molecule has 0 aliphatic carbocycles. The highest BCUT2D eigenvalue weighted by Gasteiger charge is 1.77. The van der Waals surface area contributed by atoms with Gasteiger partial charge in [0.2, 0.25) is 0 Å². The molecule has 0 rings (SSSR count). The molecule has 0 aromatic carbocycles. The SMILES string of the molecule is CC/C(N)=N\C=N. The first-order chi connectivity index (χ1) is 3.31. The Kier molecular flexibility index (Phi) is 2.92. The zero-order valence-electron chi connectivity index (χ0n) is 4.31. The zero-order valence-corrected chi connectivity index (χ0v) is 4.31. The lowest BCUT2D eigenvalue weighted by Gasteiger charge is -1.85. The van der Waals surface area contributed by atoms with Gasteiger partial charge in [0.25, 0.3) is 0 Å². The number of nitrogens with one attached hydrogen (secondary N) is 1. The molecule has 0 atom stereocenters. The number of nitrogens with zero attached hydrogens (tertiary/aromatic N) is 1. The van der Waals surface area contributed by atoms with Crippen LogP contribution < -0.4 is 5.73 Å². The van der Waals surface area contributed by atoms with E-state index in [9.17, 15) is 0 Å². The molecule has 0 heterocycles. The number of hydrogen-bond acceptors (Lipinski definition) is 1. The van der Waals surface area contributed by atoms with Crippen LogP contribution in [0.1, 0.15) is 13.3 Å². The van der Waals surface area contributed by atoms with E-state index in [1.54, 1.807) is 0 Å². The summed E-state index contributed by atoms with van der Waals surface area (Å²) in [5.74, 6) is 0.509. The van der Waals surface area contributed by atoms with Crippen LogP contribution in [0.3, 0.4) is 0 Å². The van der Waals surface area contributed by atoms with Crippen molar-refractivity contribution in [1.29, 1.82) is 5.41 Å². The van der Waals surface area contributed by atoms with Gasteiger partial charge in [-0.15, -0.1) is 0 Å². The van der Waals surface area contributed by atoms with Crippen LogP contribution in [0.25, 0.3) is 0 Å². The Labute approximate surface area is 42.8 Å². The summed E-state index contributed by atoms with van der Waals surface area (Å²) in [5.41, 5.74) is 5.18. The number of hydrogen-bond donors (Lipinski definition) is 2. The van der Waals surface area contributed by atoms with Crippen molar-refractivity contribution in [2.45, 2.75) is 13.3 Å². The molecule has 3 heteroatoms.